The first-order valence-electron chi connectivity index (χ1n) is 7.89. The summed E-state index contributed by atoms with van der Waals surface area (Å²) in [5.41, 5.74) is 7.10. The van der Waals surface area contributed by atoms with Crippen LogP contribution in [-0.2, 0) is 0 Å². The molecule has 1 aliphatic carbocycles. The van der Waals surface area contributed by atoms with Gasteiger partial charge in [0.15, 0.2) is 0 Å². The van der Waals surface area contributed by atoms with Crippen molar-refractivity contribution < 1.29 is 9.53 Å². The summed E-state index contributed by atoms with van der Waals surface area (Å²) < 4.78 is 5.63. The van der Waals surface area contributed by atoms with Crippen LogP contribution in [-0.4, -0.2) is 18.6 Å². The largest absolute Gasteiger partial charge is 0.491 e. The van der Waals surface area contributed by atoms with Gasteiger partial charge in [-0.3, -0.25) is 4.79 Å². The zero-order chi connectivity index (χ0) is 15.2. The first-order chi connectivity index (χ1) is 10.1. The van der Waals surface area contributed by atoms with Gasteiger partial charge >= 0.3 is 0 Å². The molecule has 1 aliphatic rings. The lowest BCUT2D eigenvalue weighted by molar-refractivity contribution is 0.0927. The summed E-state index contributed by atoms with van der Waals surface area (Å²) in [6, 6.07) is 5.58. The quantitative estimate of drug-likeness (QED) is 0.817. The van der Waals surface area contributed by atoms with Crippen LogP contribution >= 0.6 is 0 Å². The van der Waals surface area contributed by atoms with Crippen molar-refractivity contribution in [1.82, 2.24) is 5.32 Å². The van der Waals surface area contributed by atoms with E-state index < -0.39 is 0 Å². The van der Waals surface area contributed by atoms with Gasteiger partial charge in [-0.25, -0.2) is 0 Å². The van der Waals surface area contributed by atoms with Gasteiger partial charge in [-0.05, 0) is 37.0 Å². The third-order valence-electron chi connectivity index (χ3n) is 3.78. The molecule has 0 atom stereocenters. The number of nitrogens with one attached hydrogen (secondary N) is 1. The molecule has 1 saturated carbocycles. The van der Waals surface area contributed by atoms with Crippen LogP contribution in [0.2, 0.25) is 0 Å². The van der Waals surface area contributed by atoms with Crippen molar-refractivity contribution in [2.75, 3.05) is 12.3 Å². The zero-order valence-electron chi connectivity index (χ0n) is 13.0. The summed E-state index contributed by atoms with van der Waals surface area (Å²) in [7, 11) is 0. The van der Waals surface area contributed by atoms with E-state index in [0.29, 0.717) is 35.6 Å². The maximum Gasteiger partial charge on any atom is 0.251 e. The predicted octanol–water partition coefficient (Wildman–Crippen LogP) is 3.37. The Kier molecular flexibility index (Phi) is 5.48. The molecule has 0 aliphatic heterocycles. The van der Waals surface area contributed by atoms with Crippen molar-refractivity contribution in [3.8, 4) is 5.75 Å². The second-order valence-electron chi connectivity index (χ2n) is 6.27. The Morgan fingerprint density at radius 1 is 1.33 bits per heavy atom. The number of anilines is 1. The summed E-state index contributed by atoms with van der Waals surface area (Å²) >= 11 is 0. The fraction of sp³-hybridized carbons (Fsp3) is 0.588. The number of benzene rings is 1. The monoisotopic (exact) mass is 290 g/mol. The van der Waals surface area contributed by atoms with Gasteiger partial charge in [0.05, 0.1) is 12.3 Å². The second-order valence-corrected chi connectivity index (χ2v) is 6.27. The Morgan fingerprint density at radius 3 is 2.67 bits per heavy atom. The van der Waals surface area contributed by atoms with Gasteiger partial charge in [0, 0.05) is 11.6 Å². The van der Waals surface area contributed by atoms with Crippen molar-refractivity contribution in [2.24, 2.45) is 5.92 Å². The van der Waals surface area contributed by atoms with E-state index in [1.165, 1.54) is 19.3 Å². The average molecular weight is 290 g/mol. The molecule has 4 nitrogen and oxygen atoms in total. The molecule has 0 heterocycles. The Labute approximate surface area is 127 Å². The topological polar surface area (TPSA) is 64.3 Å². The lowest BCUT2D eigenvalue weighted by Gasteiger charge is -2.23. The van der Waals surface area contributed by atoms with Gasteiger partial charge in [-0.1, -0.05) is 33.1 Å². The Morgan fingerprint density at radius 2 is 2.05 bits per heavy atom. The molecule has 0 unspecified atom stereocenters. The van der Waals surface area contributed by atoms with E-state index in [1.54, 1.807) is 18.2 Å². The van der Waals surface area contributed by atoms with Crippen LogP contribution in [0.3, 0.4) is 0 Å². The number of hydrogen-bond acceptors (Lipinski definition) is 3. The highest BCUT2D eigenvalue weighted by atomic mass is 16.5. The lowest BCUT2D eigenvalue weighted by atomic mass is 9.95. The summed E-state index contributed by atoms with van der Waals surface area (Å²) in [5, 5.41) is 3.10. The van der Waals surface area contributed by atoms with Crippen LogP contribution in [0.15, 0.2) is 18.2 Å². The number of hydrogen-bond donors (Lipinski definition) is 2. The Hall–Kier alpha value is -1.71. The standard InChI is InChI=1S/C17H26N2O2/c1-12(2)11-21-16-9-8-13(10-15(16)18)17(20)19-14-6-4-3-5-7-14/h8-10,12,14H,3-7,11,18H2,1-2H3,(H,19,20). The minimum Gasteiger partial charge on any atom is -0.491 e. The zero-order valence-corrected chi connectivity index (χ0v) is 13.0. The number of amides is 1. The fourth-order valence-electron chi connectivity index (χ4n) is 2.59. The SMILES string of the molecule is CC(C)COc1ccc(C(=O)NC2CCCCC2)cc1N. The number of rotatable bonds is 5. The normalized spacial score (nSPS) is 16.0. The Bertz CT molecular complexity index is 480. The van der Waals surface area contributed by atoms with Gasteiger partial charge in [-0.2, -0.15) is 0 Å². The van der Waals surface area contributed by atoms with E-state index >= 15 is 0 Å². The molecule has 0 aromatic heterocycles. The van der Waals surface area contributed by atoms with Crippen molar-refractivity contribution >= 4 is 11.6 Å². The van der Waals surface area contributed by atoms with E-state index in [1.807, 2.05) is 0 Å². The summed E-state index contributed by atoms with van der Waals surface area (Å²) in [5.74, 6) is 1.06. The van der Waals surface area contributed by atoms with Crippen LogP contribution in [0, 0.1) is 5.92 Å². The molecule has 0 spiro atoms. The van der Waals surface area contributed by atoms with Gasteiger partial charge in [0.2, 0.25) is 0 Å². The fourth-order valence-corrected chi connectivity index (χ4v) is 2.59. The van der Waals surface area contributed by atoms with Crippen LogP contribution in [0.25, 0.3) is 0 Å². The summed E-state index contributed by atoms with van der Waals surface area (Å²) in [4.78, 5) is 12.2. The minimum absolute atomic E-state index is 0.0380. The number of carbonyl (C=O) groups excluding carboxylic acids is 1. The van der Waals surface area contributed by atoms with Gasteiger partial charge < -0.3 is 15.8 Å². The molecule has 0 radical (unpaired) electrons. The molecular formula is C17H26N2O2. The molecule has 1 amide bonds. The van der Waals surface area contributed by atoms with E-state index in [9.17, 15) is 4.79 Å². The van der Waals surface area contributed by atoms with Crippen LogP contribution in [0.4, 0.5) is 5.69 Å². The van der Waals surface area contributed by atoms with Crippen molar-refractivity contribution in [2.45, 2.75) is 52.0 Å². The summed E-state index contributed by atoms with van der Waals surface area (Å²) in [6.45, 7) is 4.79. The highest BCUT2D eigenvalue weighted by molar-refractivity contribution is 5.95. The number of nitrogens with two attached hydrogens (primary N) is 1. The number of ether oxygens (including phenoxy) is 1. The van der Waals surface area contributed by atoms with Crippen LogP contribution < -0.4 is 15.8 Å². The van der Waals surface area contributed by atoms with Gasteiger partial charge in [0.1, 0.15) is 5.75 Å². The molecule has 2 rings (SSSR count). The lowest BCUT2D eigenvalue weighted by Crippen LogP contribution is -2.36. The average Bonchev–Trinajstić information content (AvgIpc) is 2.46. The molecular weight excluding hydrogens is 264 g/mol. The molecule has 3 N–H and O–H groups in total. The van der Waals surface area contributed by atoms with E-state index in [2.05, 4.69) is 19.2 Å². The van der Waals surface area contributed by atoms with Gasteiger partial charge in [0.25, 0.3) is 5.91 Å². The predicted molar refractivity (Wildman–Crippen MR) is 85.5 cm³/mol. The van der Waals surface area contributed by atoms with Crippen molar-refractivity contribution in [3.05, 3.63) is 23.8 Å². The van der Waals surface area contributed by atoms with Crippen LogP contribution in [0.1, 0.15) is 56.3 Å². The van der Waals surface area contributed by atoms with E-state index in [4.69, 9.17) is 10.5 Å². The Balaban J connectivity index is 1.96. The first-order valence-corrected chi connectivity index (χ1v) is 7.89. The highest BCUT2D eigenvalue weighted by Gasteiger charge is 2.17. The molecule has 21 heavy (non-hydrogen) atoms. The van der Waals surface area contributed by atoms with Crippen molar-refractivity contribution in [3.63, 3.8) is 0 Å². The third kappa shape index (κ3) is 4.66. The number of nitrogen functional groups attached to an aromatic ring is 1. The van der Waals surface area contributed by atoms with E-state index in [0.717, 1.165) is 12.8 Å². The molecule has 1 fully saturated rings. The van der Waals surface area contributed by atoms with Crippen molar-refractivity contribution in [1.29, 1.82) is 0 Å². The first kappa shape index (κ1) is 15.7. The second kappa shape index (κ2) is 7.34. The third-order valence-corrected chi connectivity index (χ3v) is 3.78. The molecule has 116 valence electrons. The van der Waals surface area contributed by atoms with Crippen LogP contribution in [0.5, 0.6) is 5.75 Å². The number of carbonyl (C=O) groups is 1. The smallest absolute Gasteiger partial charge is 0.251 e. The molecule has 0 bridgehead atoms. The minimum atomic E-state index is -0.0380. The molecule has 4 heteroatoms. The van der Waals surface area contributed by atoms with Gasteiger partial charge in [-0.15, -0.1) is 0 Å². The maximum absolute atomic E-state index is 12.2. The molecule has 0 saturated heterocycles. The molecule has 1 aromatic carbocycles. The van der Waals surface area contributed by atoms with E-state index in [-0.39, 0.29) is 5.91 Å². The molecule has 1 aromatic rings. The highest BCUT2D eigenvalue weighted by Crippen LogP contribution is 2.24. The summed E-state index contributed by atoms with van der Waals surface area (Å²) in [6.07, 6.45) is 5.85. The maximum atomic E-state index is 12.2.